The van der Waals surface area contributed by atoms with Gasteiger partial charge in [0.15, 0.2) is 11.5 Å². The molecule has 0 saturated carbocycles. The molecule has 1 heterocycles. The van der Waals surface area contributed by atoms with E-state index >= 15 is 0 Å². The predicted octanol–water partition coefficient (Wildman–Crippen LogP) is 8.97. The third-order valence-electron chi connectivity index (χ3n) is 6.91. The number of rotatable bonds is 8. The lowest BCUT2D eigenvalue weighted by Crippen LogP contribution is -2.27. The minimum Gasteiger partial charge on any atom is -0.490 e. The number of imide groups is 1. The lowest BCUT2D eigenvalue weighted by atomic mass is 10.0. The SMILES string of the molecule is CCOc1cc(/C=C2/SC(=O)N(Cc3cccc4ccccc34)C2=O)cc(Br)c1OCc1ccc2ccccc2c1. The highest BCUT2D eigenvalue weighted by atomic mass is 79.9. The highest BCUT2D eigenvalue weighted by Gasteiger charge is 2.35. The summed E-state index contributed by atoms with van der Waals surface area (Å²) in [7, 11) is 0. The summed E-state index contributed by atoms with van der Waals surface area (Å²) in [5.74, 6) is 0.837. The molecular weight excluding hydrogens is 598 g/mol. The Balaban J connectivity index is 1.23. The van der Waals surface area contributed by atoms with Gasteiger partial charge in [-0.05, 0) is 97.1 Å². The topological polar surface area (TPSA) is 55.8 Å². The second kappa shape index (κ2) is 11.8. The summed E-state index contributed by atoms with van der Waals surface area (Å²) in [4.78, 5) is 27.9. The Labute approximate surface area is 250 Å². The molecule has 0 atom stereocenters. The second-order valence-electron chi connectivity index (χ2n) is 9.64. The molecule has 5 aromatic carbocycles. The second-order valence-corrected chi connectivity index (χ2v) is 11.5. The van der Waals surface area contributed by atoms with Crippen LogP contribution in [0.5, 0.6) is 11.5 Å². The van der Waals surface area contributed by atoms with Crippen LogP contribution in [-0.2, 0) is 17.9 Å². The number of benzene rings is 5. The van der Waals surface area contributed by atoms with Crippen molar-refractivity contribution in [2.75, 3.05) is 6.61 Å². The molecule has 1 fully saturated rings. The molecule has 2 amide bonds. The Bertz CT molecular complexity index is 1830. The largest absolute Gasteiger partial charge is 0.490 e. The van der Waals surface area contributed by atoms with Crippen LogP contribution in [0.2, 0.25) is 0 Å². The van der Waals surface area contributed by atoms with Gasteiger partial charge in [-0.1, -0.05) is 78.9 Å². The standard InChI is InChI=1S/C34H26BrNO4S/c1-2-39-30-18-23(17-29(35)32(30)40-21-22-14-15-24-8-3-4-10-26(24)16-22)19-31-33(37)36(34(38)41-31)20-27-12-7-11-25-9-5-6-13-28(25)27/h3-19H,2,20-21H2,1H3/b31-19+. The summed E-state index contributed by atoms with van der Waals surface area (Å²) in [6, 6.07) is 32.1. The number of nitrogens with zero attached hydrogens (tertiary/aromatic N) is 1. The van der Waals surface area contributed by atoms with Gasteiger partial charge in [-0.2, -0.15) is 0 Å². The Morgan fingerprint density at radius 3 is 2.41 bits per heavy atom. The molecular formula is C34H26BrNO4S. The highest BCUT2D eigenvalue weighted by molar-refractivity contribution is 9.10. The van der Waals surface area contributed by atoms with E-state index in [0.29, 0.717) is 34.1 Å². The molecule has 5 aromatic rings. The van der Waals surface area contributed by atoms with Gasteiger partial charge in [0, 0.05) is 0 Å². The number of halogens is 1. The molecule has 0 radical (unpaired) electrons. The molecule has 1 aliphatic heterocycles. The van der Waals surface area contributed by atoms with Crippen molar-refractivity contribution in [1.29, 1.82) is 0 Å². The van der Waals surface area contributed by atoms with Crippen LogP contribution in [0, 0.1) is 0 Å². The van der Waals surface area contributed by atoms with Crippen molar-refractivity contribution in [1.82, 2.24) is 4.90 Å². The third kappa shape index (κ3) is 5.73. The van der Waals surface area contributed by atoms with Crippen LogP contribution in [0.1, 0.15) is 23.6 Å². The van der Waals surface area contributed by atoms with Crippen LogP contribution in [0.3, 0.4) is 0 Å². The first-order valence-electron chi connectivity index (χ1n) is 13.3. The van der Waals surface area contributed by atoms with Crippen LogP contribution in [0.15, 0.2) is 106 Å². The summed E-state index contributed by atoms with van der Waals surface area (Å²) in [5, 5.41) is 4.15. The quantitative estimate of drug-likeness (QED) is 0.161. The van der Waals surface area contributed by atoms with E-state index < -0.39 is 0 Å². The molecule has 1 saturated heterocycles. The maximum absolute atomic E-state index is 13.3. The minimum absolute atomic E-state index is 0.221. The summed E-state index contributed by atoms with van der Waals surface area (Å²) in [6.07, 6.45) is 1.73. The zero-order valence-corrected chi connectivity index (χ0v) is 24.7. The van der Waals surface area contributed by atoms with E-state index in [-0.39, 0.29) is 17.7 Å². The van der Waals surface area contributed by atoms with E-state index in [1.807, 2.05) is 73.7 Å². The van der Waals surface area contributed by atoms with E-state index in [4.69, 9.17) is 9.47 Å². The monoisotopic (exact) mass is 623 g/mol. The van der Waals surface area contributed by atoms with E-state index in [2.05, 4.69) is 46.3 Å². The number of carbonyl (C=O) groups excluding carboxylic acids is 2. The molecule has 41 heavy (non-hydrogen) atoms. The Kier molecular flexibility index (Phi) is 7.81. The predicted molar refractivity (Wildman–Crippen MR) is 169 cm³/mol. The van der Waals surface area contributed by atoms with Gasteiger partial charge in [-0.25, -0.2) is 0 Å². The van der Waals surface area contributed by atoms with Gasteiger partial charge in [-0.3, -0.25) is 14.5 Å². The molecule has 0 bridgehead atoms. The van der Waals surface area contributed by atoms with E-state index in [9.17, 15) is 9.59 Å². The van der Waals surface area contributed by atoms with Gasteiger partial charge in [-0.15, -0.1) is 0 Å². The Hall–Kier alpha value is -4.07. The van der Waals surface area contributed by atoms with Crippen LogP contribution >= 0.6 is 27.7 Å². The molecule has 7 heteroatoms. The zero-order chi connectivity index (χ0) is 28.3. The lowest BCUT2D eigenvalue weighted by molar-refractivity contribution is -0.123. The lowest BCUT2D eigenvalue weighted by Gasteiger charge is -2.15. The fourth-order valence-electron chi connectivity index (χ4n) is 4.95. The fraction of sp³-hybridized carbons (Fsp3) is 0.118. The summed E-state index contributed by atoms with van der Waals surface area (Å²) in [6.45, 7) is 2.95. The minimum atomic E-state index is -0.307. The molecule has 6 rings (SSSR count). The van der Waals surface area contributed by atoms with Crippen molar-refractivity contribution >= 4 is 66.5 Å². The molecule has 204 valence electrons. The fourth-order valence-corrected chi connectivity index (χ4v) is 6.36. The van der Waals surface area contributed by atoms with Gasteiger partial charge in [0.25, 0.3) is 11.1 Å². The van der Waals surface area contributed by atoms with Crippen LogP contribution in [-0.4, -0.2) is 22.7 Å². The molecule has 0 aromatic heterocycles. The molecule has 1 aliphatic rings. The number of thioether (sulfide) groups is 1. The number of ether oxygens (including phenoxy) is 2. The summed E-state index contributed by atoms with van der Waals surface area (Å²) in [5.41, 5.74) is 2.71. The first-order valence-corrected chi connectivity index (χ1v) is 14.9. The maximum Gasteiger partial charge on any atom is 0.293 e. The number of hydrogen-bond donors (Lipinski definition) is 0. The number of carbonyl (C=O) groups is 2. The Morgan fingerprint density at radius 1 is 0.829 bits per heavy atom. The first kappa shape index (κ1) is 27.1. The zero-order valence-electron chi connectivity index (χ0n) is 22.3. The van der Waals surface area contributed by atoms with Crippen molar-refractivity contribution in [3.63, 3.8) is 0 Å². The average molecular weight is 625 g/mol. The molecule has 5 nitrogen and oxygen atoms in total. The van der Waals surface area contributed by atoms with Crippen molar-refractivity contribution < 1.29 is 19.1 Å². The molecule has 0 aliphatic carbocycles. The van der Waals surface area contributed by atoms with Gasteiger partial charge >= 0.3 is 0 Å². The Morgan fingerprint density at radius 2 is 1.59 bits per heavy atom. The van der Waals surface area contributed by atoms with Crippen LogP contribution in [0.4, 0.5) is 4.79 Å². The van der Waals surface area contributed by atoms with Crippen molar-refractivity contribution in [3.8, 4) is 11.5 Å². The number of amides is 2. The van der Waals surface area contributed by atoms with Crippen LogP contribution < -0.4 is 9.47 Å². The third-order valence-corrected chi connectivity index (χ3v) is 8.40. The van der Waals surface area contributed by atoms with Gasteiger partial charge in [0.1, 0.15) is 6.61 Å². The first-order chi connectivity index (χ1) is 20.0. The highest BCUT2D eigenvalue weighted by Crippen LogP contribution is 2.40. The number of fused-ring (bicyclic) bond motifs is 2. The normalized spacial score (nSPS) is 14.4. The molecule has 0 unspecified atom stereocenters. The van der Waals surface area contributed by atoms with E-state index in [1.165, 1.54) is 10.3 Å². The molecule has 0 N–H and O–H groups in total. The van der Waals surface area contributed by atoms with Crippen molar-refractivity contribution in [2.24, 2.45) is 0 Å². The number of hydrogen-bond acceptors (Lipinski definition) is 5. The van der Waals surface area contributed by atoms with Crippen molar-refractivity contribution in [2.45, 2.75) is 20.1 Å². The maximum atomic E-state index is 13.3. The summed E-state index contributed by atoms with van der Waals surface area (Å²) < 4.78 is 12.8. The smallest absolute Gasteiger partial charge is 0.293 e. The van der Waals surface area contributed by atoms with Gasteiger partial charge in [0.2, 0.25) is 0 Å². The van der Waals surface area contributed by atoms with Gasteiger partial charge in [0.05, 0.1) is 22.5 Å². The van der Waals surface area contributed by atoms with Gasteiger partial charge < -0.3 is 9.47 Å². The van der Waals surface area contributed by atoms with Crippen molar-refractivity contribution in [3.05, 3.63) is 123 Å². The van der Waals surface area contributed by atoms with Crippen LogP contribution in [0.25, 0.3) is 27.6 Å². The van der Waals surface area contributed by atoms with E-state index in [1.54, 1.807) is 6.08 Å². The summed E-state index contributed by atoms with van der Waals surface area (Å²) >= 11 is 4.58. The average Bonchev–Trinajstić information content (AvgIpc) is 3.24. The van der Waals surface area contributed by atoms with E-state index in [0.717, 1.165) is 44.6 Å². The molecule has 0 spiro atoms.